The van der Waals surface area contributed by atoms with Crippen molar-refractivity contribution < 1.29 is 14.8 Å². The van der Waals surface area contributed by atoms with Crippen molar-refractivity contribution in [1.29, 1.82) is 0 Å². The molecule has 1 aromatic carbocycles. The van der Waals surface area contributed by atoms with E-state index in [1.54, 1.807) is 18.2 Å². The smallest absolute Gasteiger partial charge is 0.311 e. The Morgan fingerprint density at radius 3 is 2.35 bits per heavy atom. The van der Waals surface area contributed by atoms with Crippen molar-refractivity contribution in [1.82, 2.24) is 9.88 Å². The van der Waals surface area contributed by atoms with Gasteiger partial charge in [-0.25, -0.2) is 4.98 Å². The summed E-state index contributed by atoms with van der Waals surface area (Å²) in [6.07, 6.45) is 0. The summed E-state index contributed by atoms with van der Waals surface area (Å²) in [5, 5.41) is 24.1. The van der Waals surface area contributed by atoms with Crippen LogP contribution in [0.4, 0.5) is 23.0 Å². The van der Waals surface area contributed by atoms with Gasteiger partial charge in [-0.15, -0.1) is 0 Å². The molecule has 3 heterocycles. The van der Waals surface area contributed by atoms with Gasteiger partial charge in [-0.05, 0) is 30.3 Å². The highest BCUT2D eigenvalue weighted by Crippen LogP contribution is 2.27. The largest absolute Gasteiger partial charge is 0.508 e. The summed E-state index contributed by atoms with van der Waals surface area (Å²) >= 11 is 0. The predicted octanol–water partition coefficient (Wildman–Crippen LogP) is 1.77. The van der Waals surface area contributed by atoms with Gasteiger partial charge in [0.1, 0.15) is 11.6 Å². The van der Waals surface area contributed by atoms with Crippen LogP contribution in [-0.2, 0) is 4.74 Å². The fourth-order valence-corrected chi connectivity index (χ4v) is 3.91. The summed E-state index contributed by atoms with van der Waals surface area (Å²) in [6.45, 7) is 7.73. The van der Waals surface area contributed by atoms with E-state index in [1.807, 2.05) is 12.1 Å². The molecule has 2 fully saturated rings. The fraction of sp³-hybridized carbons (Fsp3) is 0.476. The molecule has 0 saturated carbocycles. The molecule has 166 valence electrons. The van der Waals surface area contributed by atoms with Gasteiger partial charge in [-0.1, -0.05) is 0 Å². The van der Waals surface area contributed by atoms with Crippen LogP contribution in [0.5, 0.6) is 5.75 Å². The van der Waals surface area contributed by atoms with Crippen LogP contribution in [0.1, 0.15) is 0 Å². The number of aromatic nitrogens is 1. The number of nitrogens with one attached hydrogen (secondary N) is 1. The molecule has 0 atom stereocenters. The van der Waals surface area contributed by atoms with E-state index >= 15 is 0 Å². The minimum atomic E-state index is -0.392. The van der Waals surface area contributed by atoms with Crippen molar-refractivity contribution >= 4 is 23.0 Å². The number of rotatable bonds is 7. The van der Waals surface area contributed by atoms with Crippen molar-refractivity contribution in [3.05, 3.63) is 46.5 Å². The maximum absolute atomic E-state index is 11.5. The summed E-state index contributed by atoms with van der Waals surface area (Å²) in [4.78, 5) is 22.3. The van der Waals surface area contributed by atoms with E-state index in [0.29, 0.717) is 12.4 Å². The number of phenolic OH excluding ortho intramolecular Hbond substituents is 1. The molecule has 0 aliphatic carbocycles. The van der Waals surface area contributed by atoms with Gasteiger partial charge in [0.05, 0.1) is 18.1 Å². The second kappa shape index (κ2) is 9.80. The first-order valence-electron chi connectivity index (χ1n) is 10.6. The van der Waals surface area contributed by atoms with Crippen molar-refractivity contribution in [3.63, 3.8) is 0 Å². The van der Waals surface area contributed by atoms with Gasteiger partial charge in [0.2, 0.25) is 5.82 Å². The number of pyridine rings is 1. The summed E-state index contributed by atoms with van der Waals surface area (Å²) in [5.74, 6) is 1.31. The van der Waals surface area contributed by atoms with Crippen LogP contribution < -0.4 is 15.1 Å². The van der Waals surface area contributed by atoms with E-state index < -0.39 is 4.92 Å². The van der Waals surface area contributed by atoms with E-state index in [2.05, 4.69) is 25.0 Å². The minimum absolute atomic E-state index is 0.00606. The molecule has 4 rings (SSSR count). The normalized spacial score (nSPS) is 17.5. The molecule has 0 amide bonds. The maximum Gasteiger partial charge on any atom is 0.311 e. The number of nitro groups is 1. The van der Waals surface area contributed by atoms with E-state index in [9.17, 15) is 15.2 Å². The molecule has 10 heteroatoms. The number of piperazine rings is 1. The Morgan fingerprint density at radius 1 is 1.00 bits per heavy atom. The average Bonchev–Trinajstić information content (AvgIpc) is 2.80. The number of morpholine rings is 1. The molecule has 1 aromatic heterocycles. The van der Waals surface area contributed by atoms with Gasteiger partial charge in [-0.2, -0.15) is 0 Å². The molecule has 10 nitrogen and oxygen atoms in total. The predicted molar refractivity (Wildman–Crippen MR) is 119 cm³/mol. The first kappa shape index (κ1) is 21.1. The Morgan fingerprint density at radius 2 is 1.68 bits per heavy atom. The highest BCUT2D eigenvalue weighted by Gasteiger charge is 2.22. The van der Waals surface area contributed by atoms with Crippen LogP contribution in [-0.4, -0.2) is 85.5 Å². The summed E-state index contributed by atoms with van der Waals surface area (Å²) in [7, 11) is 0. The maximum atomic E-state index is 11.5. The number of benzene rings is 1. The van der Waals surface area contributed by atoms with Crippen LogP contribution in [0.2, 0.25) is 0 Å². The van der Waals surface area contributed by atoms with Crippen molar-refractivity contribution in [2.24, 2.45) is 0 Å². The summed E-state index contributed by atoms with van der Waals surface area (Å²) in [5.41, 5.74) is 1.06. The molecule has 31 heavy (non-hydrogen) atoms. The van der Waals surface area contributed by atoms with Gasteiger partial charge in [0.15, 0.2) is 0 Å². The molecule has 0 radical (unpaired) electrons. The Bertz CT molecular complexity index is 880. The lowest BCUT2D eigenvalue weighted by molar-refractivity contribution is -0.384. The highest BCUT2D eigenvalue weighted by molar-refractivity contribution is 5.61. The number of hydrogen-bond acceptors (Lipinski definition) is 9. The average molecular weight is 428 g/mol. The number of ether oxygens (including phenoxy) is 1. The van der Waals surface area contributed by atoms with Crippen molar-refractivity contribution in [3.8, 4) is 5.75 Å². The summed E-state index contributed by atoms with van der Waals surface area (Å²) in [6, 6.07) is 10.5. The van der Waals surface area contributed by atoms with Gasteiger partial charge in [0.25, 0.3) is 0 Å². The van der Waals surface area contributed by atoms with Crippen molar-refractivity contribution in [2.45, 2.75) is 0 Å². The van der Waals surface area contributed by atoms with E-state index in [-0.39, 0.29) is 11.4 Å². The molecule has 2 aromatic rings. The van der Waals surface area contributed by atoms with Gasteiger partial charge >= 0.3 is 5.69 Å². The van der Waals surface area contributed by atoms with Gasteiger partial charge in [0, 0.05) is 64.1 Å². The third-order valence-corrected chi connectivity index (χ3v) is 5.70. The van der Waals surface area contributed by atoms with E-state index in [0.717, 1.165) is 70.5 Å². The second-order valence-corrected chi connectivity index (χ2v) is 7.67. The SMILES string of the molecule is O=[N+]([O-])c1ccc(N2CCN(c3ccc(O)cc3)CC2)nc1NCCN1CCOCC1. The number of nitrogens with zero attached hydrogens (tertiary/aromatic N) is 5. The molecule has 2 aliphatic heterocycles. The van der Waals surface area contributed by atoms with Crippen LogP contribution in [0.25, 0.3) is 0 Å². The Labute approximate surface area is 181 Å². The third-order valence-electron chi connectivity index (χ3n) is 5.70. The van der Waals surface area contributed by atoms with Crippen LogP contribution in [0.3, 0.4) is 0 Å². The quantitative estimate of drug-likeness (QED) is 0.504. The Hall–Kier alpha value is -3.11. The lowest BCUT2D eigenvalue weighted by atomic mass is 10.2. The standard InChI is InChI=1S/C21H28N6O4/c28-18-3-1-17(2-4-18)25-9-11-26(12-10-25)20-6-5-19(27(29)30)21(23-20)22-7-8-24-13-15-31-16-14-24/h1-6,28H,7-16H2,(H,22,23). The zero-order chi connectivity index (χ0) is 21.6. The molecule has 0 unspecified atom stereocenters. The molecule has 2 saturated heterocycles. The first-order valence-corrected chi connectivity index (χ1v) is 10.6. The molecule has 2 aliphatic rings. The number of phenols is 1. The van der Waals surface area contributed by atoms with E-state index in [1.165, 1.54) is 6.07 Å². The Kier molecular flexibility index (Phi) is 6.68. The third kappa shape index (κ3) is 5.33. The molecular weight excluding hydrogens is 400 g/mol. The number of hydrogen-bond donors (Lipinski definition) is 2. The number of anilines is 3. The summed E-state index contributed by atoms with van der Waals surface area (Å²) < 4.78 is 5.35. The lowest BCUT2D eigenvalue weighted by Crippen LogP contribution is -2.46. The lowest BCUT2D eigenvalue weighted by Gasteiger charge is -2.36. The zero-order valence-corrected chi connectivity index (χ0v) is 17.4. The van der Waals surface area contributed by atoms with Gasteiger partial charge < -0.3 is 25.0 Å². The van der Waals surface area contributed by atoms with Crippen LogP contribution in [0.15, 0.2) is 36.4 Å². The molecule has 0 spiro atoms. The Balaban J connectivity index is 1.38. The monoisotopic (exact) mass is 428 g/mol. The van der Waals surface area contributed by atoms with E-state index in [4.69, 9.17) is 4.74 Å². The molecule has 2 N–H and O–H groups in total. The highest BCUT2D eigenvalue weighted by atomic mass is 16.6. The van der Waals surface area contributed by atoms with Gasteiger partial charge in [-0.3, -0.25) is 15.0 Å². The zero-order valence-electron chi connectivity index (χ0n) is 17.4. The van der Waals surface area contributed by atoms with Crippen molar-refractivity contribution in [2.75, 3.05) is 80.7 Å². The molecular formula is C21H28N6O4. The molecule has 0 bridgehead atoms. The fourth-order valence-electron chi connectivity index (χ4n) is 3.91. The minimum Gasteiger partial charge on any atom is -0.508 e. The topological polar surface area (TPSA) is 107 Å². The first-order chi connectivity index (χ1) is 15.1. The van der Waals surface area contributed by atoms with Crippen LogP contribution >= 0.6 is 0 Å². The second-order valence-electron chi connectivity index (χ2n) is 7.67. The number of aromatic hydroxyl groups is 1. The van der Waals surface area contributed by atoms with Crippen LogP contribution in [0, 0.1) is 10.1 Å².